The molecule has 0 unspecified atom stereocenters. The second-order valence-corrected chi connectivity index (χ2v) is 5.37. The Morgan fingerprint density at radius 3 is 2.52 bits per heavy atom. The monoisotopic (exact) mass is 342 g/mol. The Labute approximate surface area is 129 Å². The number of carbonyl (C=O) groups is 1. The van der Waals surface area contributed by atoms with Gasteiger partial charge in [-0.3, -0.25) is 4.79 Å². The summed E-state index contributed by atoms with van der Waals surface area (Å²) in [5.41, 5.74) is 7.22. The Hall–Kier alpha value is -2.40. The number of nitrogens with two attached hydrogens (primary N) is 1. The lowest BCUT2D eigenvalue weighted by Crippen LogP contribution is -2.21. The van der Waals surface area contributed by atoms with Crippen LogP contribution < -0.4 is 11.3 Å². The third-order valence-corrected chi connectivity index (χ3v) is 3.51. The molecule has 21 heavy (non-hydrogen) atoms. The van der Waals surface area contributed by atoms with Crippen LogP contribution in [0, 0.1) is 0 Å². The number of fused-ring (bicyclic) bond motifs is 1. The molecule has 1 aromatic heterocycles. The van der Waals surface area contributed by atoms with E-state index in [9.17, 15) is 4.79 Å². The summed E-state index contributed by atoms with van der Waals surface area (Å²) >= 11 is 3.36. The molecule has 5 heteroatoms. The number of carbonyl (C=O) groups excluding carboxylic acids is 1. The first-order valence-corrected chi connectivity index (χ1v) is 7.06. The molecule has 1 heterocycles. The van der Waals surface area contributed by atoms with Crippen LogP contribution in [0.1, 0.15) is 10.4 Å². The quantitative estimate of drug-likeness (QED) is 0.773. The highest BCUT2D eigenvalue weighted by Gasteiger charge is 2.08. The van der Waals surface area contributed by atoms with Crippen molar-refractivity contribution in [1.82, 2.24) is 0 Å². The summed E-state index contributed by atoms with van der Waals surface area (Å²) in [6, 6.07) is 16.5. The highest BCUT2D eigenvalue weighted by molar-refractivity contribution is 9.10. The molecule has 1 amide bonds. The molecular weight excluding hydrogens is 332 g/mol. The first-order chi connectivity index (χ1) is 10.1. The van der Waals surface area contributed by atoms with Gasteiger partial charge in [-0.1, -0.05) is 34.1 Å². The van der Waals surface area contributed by atoms with Crippen LogP contribution in [0.5, 0.6) is 0 Å². The minimum Gasteiger partial charge on any atom is -0.438 e. The van der Waals surface area contributed by atoms with Crippen molar-refractivity contribution in [1.29, 1.82) is 0 Å². The summed E-state index contributed by atoms with van der Waals surface area (Å²) in [6.07, 6.45) is 0. The number of hydrogen-bond acceptors (Lipinski definition) is 3. The molecule has 3 rings (SSSR count). The lowest BCUT2D eigenvalue weighted by Gasteiger charge is -2.01. The van der Waals surface area contributed by atoms with Crippen molar-refractivity contribution < 1.29 is 9.21 Å². The zero-order valence-corrected chi connectivity index (χ0v) is 12.5. The summed E-state index contributed by atoms with van der Waals surface area (Å²) in [7, 11) is 0. The minimum absolute atomic E-state index is 0.212. The van der Waals surface area contributed by atoms with Crippen LogP contribution in [-0.4, -0.2) is 5.91 Å². The molecule has 0 aliphatic rings. The van der Waals surface area contributed by atoms with E-state index < -0.39 is 5.91 Å². The molecule has 2 N–H and O–H groups in total. The van der Waals surface area contributed by atoms with Gasteiger partial charge in [0.05, 0.1) is 5.69 Å². The number of para-hydroxylation sites is 1. The third-order valence-electron chi connectivity index (χ3n) is 2.98. The van der Waals surface area contributed by atoms with E-state index >= 15 is 0 Å². The van der Waals surface area contributed by atoms with Crippen molar-refractivity contribution in [2.75, 3.05) is 0 Å². The van der Waals surface area contributed by atoms with Crippen molar-refractivity contribution in [3.63, 3.8) is 0 Å². The number of amides is 1. The number of primary amides is 1. The lowest BCUT2D eigenvalue weighted by atomic mass is 10.2. The van der Waals surface area contributed by atoms with Crippen LogP contribution in [0.25, 0.3) is 11.0 Å². The fraction of sp³-hybridized carbons (Fsp3) is 0. The van der Waals surface area contributed by atoms with Gasteiger partial charge in [-0.2, -0.15) is 0 Å². The molecule has 0 fully saturated rings. The predicted molar refractivity (Wildman–Crippen MR) is 84.1 cm³/mol. The summed E-state index contributed by atoms with van der Waals surface area (Å²) in [5, 5.41) is 0.807. The van der Waals surface area contributed by atoms with Gasteiger partial charge < -0.3 is 10.2 Å². The average molecular weight is 343 g/mol. The van der Waals surface area contributed by atoms with E-state index in [1.165, 1.54) is 0 Å². The SMILES string of the molecule is NC(=O)c1cc2ccccc2oc1=Nc1ccc(Br)cc1. The number of nitrogens with zero attached hydrogens (tertiary/aromatic N) is 1. The van der Waals surface area contributed by atoms with Crippen molar-refractivity contribution >= 4 is 38.5 Å². The van der Waals surface area contributed by atoms with Gasteiger partial charge >= 0.3 is 0 Å². The van der Waals surface area contributed by atoms with Gasteiger partial charge in [-0.05, 0) is 36.4 Å². The van der Waals surface area contributed by atoms with E-state index in [0.29, 0.717) is 11.3 Å². The molecule has 4 nitrogen and oxygen atoms in total. The minimum atomic E-state index is -0.569. The van der Waals surface area contributed by atoms with Crippen LogP contribution in [-0.2, 0) is 0 Å². The second-order valence-electron chi connectivity index (χ2n) is 4.46. The Morgan fingerprint density at radius 2 is 1.81 bits per heavy atom. The number of benzene rings is 2. The molecule has 0 aliphatic carbocycles. The van der Waals surface area contributed by atoms with E-state index in [0.717, 1.165) is 9.86 Å². The van der Waals surface area contributed by atoms with Crippen molar-refractivity contribution in [2.24, 2.45) is 10.7 Å². The van der Waals surface area contributed by atoms with Crippen molar-refractivity contribution in [3.8, 4) is 0 Å². The fourth-order valence-corrected chi connectivity index (χ4v) is 2.23. The second kappa shape index (κ2) is 5.54. The number of halogens is 1. The summed E-state index contributed by atoms with van der Waals surface area (Å²) < 4.78 is 6.66. The standard InChI is InChI=1S/C16H11BrN2O2/c17-11-5-7-12(8-6-11)19-16-13(15(18)20)9-10-3-1-2-4-14(10)21-16/h1-9H,(H2,18,20). The van der Waals surface area contributed by atoms with Crippen LogP contribution in [0.2, 0.25) is 0 Å². The van der Waals surface area contributed by atoms with Gasteiger partial charge in [-0.15, -0.1) is 0 Å². The molecule has 0 aliphatic heterocycles. The molecule has 0 bridgehead atoms. The van der Waals surface area contributed by atoms with Crippen LogP contribution >= 0.6 is 15.9 Å². The van der Waals surface area contributed by atoms with E-state index in [4.69, 9.17) is 10.2 Å². The lowest BCUT2D eigenvalue weighted by molar-refractivity contribution is 0.0996. The van der Waals surface area contributed by atoms with Crippen LogP contribution in [0.15, 0.2) is 68.5 Å². The molecule has 0 saturated heterocycles. The van der Waals surface area contributed by atoms with E-state index in [1.807, 2.05) is 48.5 Å². The van der Waals surface area contributed by atoms with Crippen LogP contribution in [0.3, 0.4) is 0 Å². The molecule has 0 radical (unpaired) electrons. The van der Waals surface area contributed by atoms with Gasteiger partial charge in [0.15, 0.2) is 0 Å². The van der Waals surface area contributed by atoms with Crippen molar-refractivity contribution in [2.45, 2.75) is 0 Å². The van der Waals surface area contributed by atoms with E-state index in [2.05, 4.69) is 20.9 Å². The van der Waals surface area contributed by atoms with Crippen molar-refractivity contribution in [3.05, 3.63) is 70.2 Å². The smallest absolute Gasteiger partial charge is 0.254 e. The Kier molecular flexibility index (Phi) is 3.58. The summed E-state index contributed by atoms with van der Waals surface area (Å²) in [6.45, 7) is 0. The first kappa shape index (κ1) is 13.6. The van der Waals surface area contributed by atoms with Gasteiger partial charge in [-0.25, -0.2) is 4.99 Å². The molecule has 0 atom stereocenters. The first-order valence-electron chi connectivity index (χ1n) is 6.26. The number of hydrogen-bond donors (Lipinski definition) is 1. The summed E-state index contributed by atoms with van der Waals surface area (Å²) in [4.78, 5) is 16.0. The van der Waals surface area contributed by atoms with Gasteiger partial charge in [0.2, 0.25) is 5.55 Å². The summed E-state index contributed by atoms with van der Waals surface area (Å²) in [5.74, 6) is -0.569. The fourth-order valence-electron chi connectivity index (χ4n) is 1.96. The molecule has 104 valence electrons. The van der Waals surface area contributed by atoms with E-state index in [-0.39, 0.29) is 11.1 Å². The zero-order chi connectivity index (χ0) is 14.8. The maximum atomic E-state index is 11.6. The Morgan fingerprint density at radius 1 is 1.10 bits per heavy atom. The van der Waals surface area contributed by atoms with E-state index in [1.54, 1.807) is 6.07 Å². The Bertz CT molecular complexity index is 883. The molecule has 0 saturated carbocycles. The molecular formula is C16H11BrN2O2. The van der Waals surface area contributed by atoms with Gasteiger partial charge in [0, 0.05) is 9.86 Å². The maximum Gasteiger partial charge on any atom is 0.254 e. The highest BCUT2D eigenvalue weighted by Crippen LogP contribution is 2.17. The largest absolute Gasteiger partial charge is 0.438 e. The topological polar surface area (TPSA) is 68.6 Å². The normalized spacial score (nSPS) is 11.8. The maximum absolute atomic E-state index is 11.6. The van der Waals surface area contributed by atoms with Crippen LogP contribution in [0.4, 0.5) is 5.69 Å². The third kappa shape index (κ3) is 2.87. The van der Waals surface area contributed by atoms with Gasteiger partial charge in [0.25, 0.3) is 5.91 Å². The predicted octanol–water partition coefficient (Wildman–Crippen LogP) is 3.53. The molecule has 3 aromatic rings. The Balaban J connectivity index is 2.26. The zero-order valence-electron chi connectivity index (χ0n) is 10.9. The molecule has 2 aromatic carbocycles. The highest BCUT2D eigenvalue weighted by atomic mass is 79.9. The molecule has 0 spiro atoms. The van der Waals surface area contributed by atoms with Gasteiger partial charge in [0.1, 0.15) is 11.1 Å². The number of rotatable bonds is 2. The average Bonchev–Trinajstić information content (AvgIpc) is 2.48.